The number of pyridine rings is 2. The van der Waals surface area contributed by atoms with Gasteiger partial charge in [0.05, 0.1) is 30.6 Å². The fourth-order valence-corrected chi connectivity index (χ4v) is 2.49. The largest absolute Gasteiger partial charge is 0.493 e. The molecule has 3 rings (SSSR count). The topological polar surface area (TPSA) is 67.3 Å². The van der Waals surface area contributed by atoms with Crippen LogP contribution in [0.15, 0.2) is 24.4 Å². The molecule has 0 aromatic carbocycles. The monoisotopic (exact) mass is 304 g/mol. The number of amides is 1. The average Bonchev–Trinajstić information content (AvgIpc) is 2.74. The second-order valence-corrected chi connectivity index (χ2v) is 5.04. The minimum Gasteiger partial charge on any atom is -0.493 e. The summed E-state index contributed by atoms with van der Waals surface area (Å²) in [6, 6.07) is 5.17. The molecule has 0 aliphatic carbocycles. The van der Waals surface area contributed by atoms with Crippen LogP contribution in [0.4, 0.5) is 11.5 Å². The molecule has 0 saturated heterocycles. The van der Waals surface area contributed by atoms with Crippen LogP contribution in [0.2, 0.25) is 5.15 Å². The van der Waals surface area contributed by atoms with Crippen LogP contribution in [-0.4, -0.2) is 34.9 Å². The van der Waals surface area contributed by atoms with Crippen molar-refractivity contribution in [2.75, 3.05) is 19.5 Å². The Bertz CT molecular complexity index is 720. The Labute approximate surface area is 126 Å². The van der Waals surface area contributed by atoms with Crippen molar-refractivity contribution >= 4 is 29.0 Å². The van der Waals surface area contributed by atoms with Gasteiger partial charge in [0.2, 0.25) is 0 Å². The minimum absolute atomic E-state index is 0.0911. The molecule has 7 heteroatoms. The third-order valence-electron chi connectivity index (χ3n) is 3.25. The van der Waals surface area contributed by atoms with E-state index in [1.54, 1.807) is 43.5 Å². The van der Waals surface area contributed by atoms with Gasteiger partial charge in [-0.15, -0.1) is 0 Å². The van der Waals surface area contributed by atoms with E-state index in [2.05, 4.69) is 15.3 Å². The summed E-state index contributed by atoms with van der Waals surface area (Å²) in [6.07, 6.45) is 1.64. The number of hydrogen-bond donors (Lipinski definition) is 1. The van der Waals surface area contributed by atoms with Gasteiger partial charge in [0, 0.05) is 13.2 Å². The SMILES string of the molecule is COc1cccnc1Nc1cc(Cl)nc2c1C(=O)N(C)C2. The summed E-state index contributed by atoms with van der Waals surface area (Å²) in [7, 11) is 3.29. The highest BCUT2D eigenvalue weighted by molar-refractivity contribution is 6.30. The molecule has 1 aliphatic heterocycles. The molecule has 0 bridgehead atoms. The van der Waals surface area contributed by atoms with E-state index < -0.39 is 0 Å². The van der Waals surface area contributed by atoms with Gasteiger partial charge in [0.1, 0.15) is 5.15 Å². The standard InChI is InChI=1S/C14H13ClN4O2/c1-19-7-9-12(14(19)20)8(6-11(15)17-9)18-13-10(21-2)4-3-5-16-13/h3-6H,7H2,1-2H3,(H,16,17,18). The number of nitrogens with one attached hydrogen (secondary N) is 1. The van der Waals surface area contributed by atoms with Gasteiger partial charge in [0.15, 0.2) is 11.6 Å². The number of aromatic nitrogens is 2. The summed E-state index contributed by atoms with van der Waals surface area (Å²) >= 11 is 6.03. The molecule has 0 radical (unpaired) electrons. The number of carbonyl (C=O) groups is 1. The third-order valence-corrected chi connectivity index (χ3v) is 3.45. The van der Waals surface area contributed by atoms with E-state index in [1.807, 2.05) is 0 Å². The van der Waals surface area contributed by atoms with Crippen LogP contribution in [0.3, 0.4) is 0 Å². The van der Waals surface area contributed by atoms with Gasteiger partial charge < -0.3 is 15.0 Å². The average molecular weight is 305 g/mol. The summed E-state index contributed by atoms with van der Waals surface area (Å²) in [5.41, 5.74) is 1.76. The highest BCUT2D eigenvalue weighted by Crippen LogP contribution is 2.33. The highest BCUT2D eigenvalue weighted by atomic mass is 35.5. The number of hydrogen-bond acceptors (Lipinski definition) is 5. The molecule has 1 amide bonds. The first-order chi connectivity index (χ1) is 10.1. The quantitative estimate of drug-likeness (QED) is 0.882. The zero-order valence-corrected chi connectivity index (χ0v) is 12.3. The van der Waals surface area contributed by atoms with Crippen molar-refractivity contribution in [3.63, 3.8) is 0 Å². The summed E-state index contributed by atoms with van der Waals surface area (Å²) in [5.74, 6) is 1.01. The zero-order valence-electron chi connectivity index (χ0n) is 11.6. The molecule has 0 unspecified atom stereocenters. The van der Waals surface area contributed by atoms with E-state index in [4.69, 9.17) is 16.3 Å². The van der Waals surface area contributed by atoms with E-state index in [1.165, 1.54) is 0 Å². The molecule has 3 heterocycles. The van der Waals surface area contributed by atoms with Crippen LogP contribution in [-0.2, 0) is 6.54 Å². The highest BCUT2D eigenvalue weighted by Gasteiger charge is 2.29. The fraction of sp³-hybridized carbons (Fsp3) is 0.214. The van der Waals surface area contributed by atoms with Crippen molar-refractivity contribution < 1.29 is 9.53 Å². The van der Waals surface area contributed by atoms with Crippen LogP contribution in [0.25, 0.3) is 0 Å². The van der Waals surface area contributed by atoms with Gasteiger partial charge in [-0.05, 0) is 18.2 Å². The Morgan fingerprint density at radius 2 is 2.29 bits per heavy atom. The molecule has 0 atom stereocenters. The van der Waals surface area contributed by atoms with Crippen LogP contribution in [0, 0.1) is 0 Å². The summed E-state index contributed by atoms with van der Waals surface area (Å²) in [4.78, 5) is 22.2. The summed E-state index contributed by atoms with van der Waals surface area (Å²) in [6.45, 7) is 0.447. The van der Waals surface area contributed by atoms with Crippen molar-refractivity contribution in [2.45, 2.75) is 6.54 Å². The lowest BCUT2D eigenvalue weighted by molar-refractivity contribution is 0.0817. The number of fused-ring (bicyclic) bond motifs is 1. The maximum Gasteiger partial charge on any atom is 0.257 e. The van der Waals surface area contributed by atoms with Crippen LogP contribution in [0.5, 0.6) is 5.75 Å². The number of carbonyl (C=O) groups excluding carboxylic acids is 1. The number of halogens is 1. The van der Waals surface area contributed by atoms with Gasteiger partial charge in [-0.2, -0.15) is 0 Å². The number of nitrogens with zero attached hydrogens (tertiary/aromatic N) is 3. The van der Waals surface area contributed by atoms with E-state index in [-0.39, 0.29) is 5.91 Å². The Morgan fingerprint density at radius 3 is 3.05 bits per heavy atom. The molecule has 1 N–H and O–H groups in total. The normalized spacial score (nSPS) is 13.3. The molecule has 1 aliphatic rings. The summed E-state index contributed by atoms with van der Waals surface area (Å²) < 4.78 is 5.25. The van der Waals surface area contributed by atoms with Crippen LogP contribution >= 0.6 is 11.6 Å². The van der Waals surface area contributed by atoms with Crippen molar-refractivity contribution in [3.8, 4) is 5.75 Å². The first-order valence-corrected chi connectivity index (χ1v) is 6.69. The van der Waals surface area contributed by atoms with Gasteiger partial charge in [-0.3, -0.25) is 4.79 Å². The second-order valence-electron chi connectivity index (χ2n) is 4.65. The second kappa shape index (κ2) is 5.21. The van der Waals surface area contributed by atoms with Crippen molar-refractivity contribution in [1.29, 1.82) is 0 Å². The third kappa shape index (κ3) is 2.38. The lowest BCUT2D eigenvalue weighted by Gasteiger charge is -2.12. The van der Waals surface area contributed by atoms with Gasteiger partial charge in [0.25, 0.3) is 5.91 Å². The van der Waals surface area contributed by atoms with E-state index in [0.717, 1.165) is 0 Å². The first-order valence-electron chi connectivity index (χ1n) is 6.31. The molecule has 0 fully saturated rings. The van der Waals surface area contributed by atoms with Gasteiger partial charge >= 0.3 is 0 Å². The van der Waals surface area contributed by atoms with E-state index in [9.17, 15) is 4.79 Å². The Kier molecular flexibility index (Phi) is 3.39. The smallest absolute Gasteiger partial charge is 0.257 e. The Hall–Kier alpha value is -2.34. The Morgan fingerprint density at radius 1 is 1.48 bits per heavy atom. The minimum atomic E-state index is -0.0911. The molecule has 6 nitrogen and oxygen atoms in total. The summed E-state index contributed by atoms with van der Waals surface area (Å²) in [5, 5.41) is 3.44. The molecule has 108 valence electrons. The predicted molar refractivity (Wildman–Crippen MR) is 79.1 cm³/mol. The van der Waals surface area contributed by atoms with Crippen LogP contribution < -0.4 is 10.1 Å². The van der Waals surface area contributed by atoms with Crippen molar-refractivity contribution in [2.24, 2.45) is 0 Å². The molecule has 2 aromatic rings. The van der Waals surface area contributed by atoms with Gasteiger partial charge in [-0.25, -0.2) is 9.97 Å². The predicted octanol–water partition coefficient (Wildman–Crippen LogP) is 2.47. The maximum absolute atomic E-state index is 12.2. The number of anilines is 2. The molecular weight excluding hydrogens is 292 g/mol. The van der Waals surface area contributed by atoms with E-state index >= 15 is 0 Å². The maximum atomic E-state index is 12.2. The van der Waals surface area contributed by atoms with Crippen LogP contribution in [0.1, 0.15) is 16.1 Å². The number of ether oxygens (including phenoxy) is 1. The molecule has 0 spiro atoms. The lowest BCUT2D eigenvalue weighted by Crippen LogP contribution is -2.18. The molecular formula is C14H13ClN4O2. The Balaban J connectivity index is 2.06. The zero-order chi connectivity index (χ0) is 15.0. The number of methoxy groups -OCH3 is 1. The number of rotatable bonds is 3. The van der Waals surface area contributed by atoms with Crippen molar-refractivity contribution in [3.05, 3.63) is 40.8 Å². The molecule has 2 aromatic heterocycles. The first kappa shape index (κ1) is 13.6. The lowest BCUT2D eigenvalue weighted by atomic mass is 10.2. The fourth-order valence-electron chi connectivity index (χ4n) is 2.28. The van der Waals surface area contributed by atoms with Gasteiger partial charge in [-0.1, -0.05) is 11.6 Å². The van der Waals surface area contributed by atoms with E-state index in [0.29, 0.717) is 40.2 Å². The molecule has 0 saturated carbocycles. The molecule has 21 heavy (non-hydrogen) atoms. The van der Waals surface area contributed by atoms with Crippen molar-refractivity contribution in [1.82, 2.24) is 14.9 Å².